The summed E-state index contributed by atoms with van der Waals surface area (Å²) >= 11 is 0. The van der Waals surface area contributed by atoms with Gasteiger partial charge < -0.3 is 5.32 Å². The molecule has 0 heterocycles. The zero-order chi connectivity index (χ0) is 19.3. The highest BCUT2D eigenvalue weighted by Gasteiger charge is 2.21. The van der Waals surface area contributed by atoms with Gasteiger partial charge in [-0.05, 0) is 24.1 Å². The molecule has 2 aromatic rings. The second kappa shape index (κ2) is 8.33. The van der Waals surface area contributed by atoms with E-state index in [-0.39, 0.29) is 6.54 Å². The van der Waals surface area contributed by atoms with E-state index >= 15 is 0 Å². The summed E-state index contributed by atoms with van der Waals surface area (Å²) in [6.45, 7) is -0.541. The van der Waals surface area contributed by atoms with E-state index < -0.39 is 45.6 Å². The number of sulfonamides is 1. The SMILES string of the molecule is CS(=O)(=O)N(CCc1ccccc1)CC(=O)Nc1ccc(F)c(F)c1F. The monoisotopic (exact) mass is 386 g/mol. The highest BCUT2D eigenvalue weighted by Crippen LogP contribution is 2.19. The van der Waals surface area contributed by atoms with Crippen molar-refractivity contribution in [2.24, 2.45) is 0 Å². The Hall–Kier alpha value is -2.39. The molecule has 1 N–H and O–H groups in total. The van der Waals surface area contributed by atoms with Crippen molar-refractivity contribution in [3.63, 3.8) is 0 Å². The van der Waals surface area contributed by atoms with E-state index in [2.05, 4.69) is 5.32 Å². The average Bonchev–Trinajstić information content (AvgIpc) is 2.59. The van der Waals surface area contributed by atoms with Crippen molar-refractivity contribution in [2.45, 2.75) is 6.42 Å². The number of carbonyl (C=O) groups is 1. The topological polar surface area (TPSA) is 66.5 Å². The minimum atomic E-state index is -3.70. The van der Waals surface area contributed by atoms with Gasteiger partial charge in [-0.25, -0.2) is 21.6 Å². The zero-order valence-electron chi connectivity index (χ0n) is 13.9. The number of amides is 1. The first-order valence-electron chi connectivity index (χ1n) is 7.61. The van der Waals surface area contributed by atoms with Gasteiger partial charge in [-0.15, -0.1) is 0 Å². The first-order valence-corrected chi connectivity index (χ1v) is 9.45. The normalized spacial score (nSPS) is 11.6. The number of carbonyl (C=O) groups excluding carboxylic acids is 1. The van der Waals surface area contributed by atoms with E-state index in [1.54, 1.807) is 12.1 Å². The molecule has 9 heteroatoms. The Kier molecular flexibility index (Phi) is 6.38. The molecule has 1 amide bonds. The van der Waals surface area contributed by atoms with Crippen LogP contribution in [0.3, 0.4) is 0 Å². The molecule has 0 aliphatic heterocycles. The van der Waals surface area contributed by atoms with Gasteiger partial charge in [-0.3, -0.25) is 4.79 Å². The summed E-state index contributed by atoms with van der Waals surface area (Å²) in [5.41, 5.74) is 0.318. The number of nitrogens with zero attached hydrogens (tertiary/aromatic N) is 1. The van der Waals surface area contributed by atoms with Crippen LogP contribution in [0.5, 0.6) is 0 Å². The Morgan fingerprint density at radius 2 is 1.69 bits per heavy atom. The number of anilines is 1. The van der Waals surface area contributed by atoms with Crippen LogP contribution in [0.25, 0.3) is 0 Å². The van der Waals surface area contributed by atoms with Crippen molar-refractivity contribution in [1.29, 1.82) is 0 Å². The molecule has 26 heavy (non-hydrogen) atoms. The van der Waals surface area contributed by atoms with E-state index in [9.17, 15) is 26.4 Å². The molecule has 2 rings (SSSR count). The van der Waals surface area contributed by atoms with Crippen molar-refractivity contribution in [3.8, 4) is 0 Å². The Labute approximate surface area is 149 Å². The van der Waals surface area contributed by atoms with Crippen molar-refractivity contribution < 1.29 is 26.4 Å². The number of hydrogen-bond acceptors (Lipinski definition) is 3. The summed E-state index contributed by atoms with van der Waals surface area (Å²) in [6.07, 6.45) is 1.32. The maximum absolute atomic E-state index is 13.6. The van der Waals surface area contributed by atoms with E-state index in [1.165, 1.54) is 0 Å². The van der Waals surface area contributed by atoms with Crippen LogP contribution in [-0.4, -0.2) is 38.0 Å². The second-order valence-electron chi connectivity index (χ2n) is 5.60. The van der Waals surface area contributed by atoms with Gasteiger partial charge in [0.2, 0.25) is 15.9 Å². The number of nitrogens with one attached hydrogen (secondary N) is 1. The maximum atomic E-state index is 13.6. The molecular formula is C17H17F3N2O3S. The number of benzene rings is 2. The lowest BCUT2D eigenvalue weighted by atomic mass is 10.1. The van der Waals surface area contributed by atoms with Gasteiger partial charge in [0.1, 0.15) is 0 Å². The maximum Gasteiger partial charge on any atom is 0.239 e. The van der Waals surface area contributed by atoms with Gasteiger partial charge in [0, 0.05) is 6.54 Å². The van der Waals surface area contributed by atoms with Crippen molar-refractivity contribution in [3.05, 3.63) is 65.5 Å². The molecule has 2 aromatic carbocycles. The molecule has 140 valence electrons. The van der Waals surface area contributed by atoms with Crippen molar-refractivity contribution >= 4 is 21.6 Å². The lowest BCUT2D eigenvalue weighted by Gasteiger charge is -2.19. The third kappa shape index (κ3) is 5.30. The van der Waals surface area contributed by atoms with Gasteiger partial charge in [0.15, 0.2) is 17.5 Å². The van der Waals surface area contributed by atoms with Crippen LogP contribution in [0.4, 0.5) is 18.9 Å². The summed E-state index contributed by atoms with van der Waals surface area (Å²) < 4.78 is 64.4. The third-order valence-corrected chi connectivity index (χ3v) is 4.84. The second-order valence-corrected chi connectivity index (χ2v) is 7.59. The fraction of sp³-hybridized carbons (Fsp3) is 0.235. The van der Waals surface area contributed by atoms with Gasteiger partial charge >= 0.3 is 0 Å². The molecule has 0 fully saturated rings. The van der Waals surface area contributed by atoms with Crippen molar-refractivity contribution in [2.75, 3.05) is 24.7 Å². The lowest BCUT2D eigenvalue weighted by Crippen LogP contribution is -2.38. The van der Waals surface area contributed by atoms with Gasteiger partial charge in [0.25, 0.3) is 0 Å². The average molecular weight is 386 g/mol. The fourth-order valence-corrected chi connectivity index (χ4v) is 3.01. The fourth-order valence-electron chi connectivity index (χ4n) is 2.23. The minimum Gasteiger partial charge on any atom is -0.322 e. The number of halogens is 3. The van der Waals surface area contributed by atoms with Crippen LogP contribution >= 0.6 is 0 Å². The quantitative estimate of drug-likeness (QED) is 0.744. The highest BCUT2D eigenvalue weighted by molar-refractivity contribution is 7.88. The van der Waals surface area contributed by atoms with Crippen molar-refractivity contribution in [1.82, 2.24) is 4.31 Å². The molecule has 0 spiro atoms. The van der Waals surface area contributed by atoms with Crippen LogP contribution in [-0.2, 0) is 21.2 Å². The molecule has 0 bridgehead atoms. The Morgan fingerprint density at radius 3 is 2.31 bits per heavy atom. The summed E-state index contributed by atoms with van der Waals surface area (Å²) in [5.74, 6) is -5.52. The van der Waals surface area contributed by atoms with E-state index in [0.29, 0.717) is 12.5 Å². The van der Waals surface area contributed by atoms with Gasteiger partial charge in [-0.1, -0.05) is 30.3 Å². The largest absolute Gasteiger partial charge is 0.322 e. The predicted molar refractivity (Wildman–Crippen MR) is 91.5 cm³/mol. The standard InChI is InChI=1S/C17H17F3N2O3S/c1-26(24,25)22(10-9-12-5-3-2-4-6-12)11-15(23)21-14-8-7-13(18)16(19)17(14)20/h2-8H,9-11H2,1H3,(H,21,23). The lowest BCUT2D eigenvalue weighted by molar-refractivity contribution is -0.116. The molecule has 0 saturated carbocycles. The molecule has 5 nitrogen and oxygen atoms in total. The molecule has 0 aromatic heterocycles. The Morgan fingerprint density at radius 1 is 1.04 bits per heavy atom. The van der Waals surface area contributed by atoms with Crippen LogP contribution in [0.1, 0.15) is 5.56 Å². The Bertz CT molecular complexity index is 890. The molecule has 0 aliphatic carbocycles. The van der Waals surface area contributed by atoms with Gasteiger partial charge in [0.05, 0.1) is 18.5 Å². The van der Waals surface area contributed by atoms with Crippen LogP contribution in [0, 0.1) is 17.5 Å². The predicted octanol–water partition coefficient (Wildman–Crippen LogP) is 2.55. The summed E-state index contributed by atoms with van der Waals surface area (Å²) in [4.78, 5) is 12.0. The molecule has 0 radical (unpaired) electrons. The smallest absolute Gasteiger partial charge is 0.239 e. The highest BCUT2D eigenvalue weighted by atomic mass is 32.2. The molecule has 0 unspecified atom stereocenters. The van der Waals surface area contributed by atoms with Crippen LogP contribution < -0.4 is 5.32 Å². The molecule has 0 aliphatic rings. The third-order valence-electron chi connectivity index (χ3n) is 3.59. The Balaban J connectivity index is 2.06. The number of hydrogen-bond donors (Lipinski definition) is 1. The van der Waals surface area contributed by atoms with E-state index in [0.717, 1.165) is 22.2 Å². The zero-order valence-corrected chi connectivity index (χ0v) is 14.7. The molecule has 0 atom stereocenters. The number of rotatable bonds is 7. The first-order chi connectivity index (χ1) is 12.2. The van der Waals surface area contributed by atoms with Crippen LogP contribution in [0.2, 0.25) is 0 Å². The molecular weight excluding hydrogens is 369 g/mol. The van der Waals surface area contributed by atoms with Gasteiger partial charge in [-0.2, -0.15) is 4.31 Å². The molecule has 0 saturated heterocycles. The first kappa shape index (κ1) is 19.9. The summed E-state index contributed by atoms with van der Waals surface area (Å²) in [7, 11) is -3.70. The van der Waals surface area contributed by atoms with E-state index in [1.807, 2.05) is 18.2 Å². The summed E-state index contributed by atoms with van der Waals surface area (Å²) in [6, 6.07) is 10.6. The summed E-state index contributed by atoms with van der Waals surface area (Å²) in [5, 5.41) is 2.05. The van der Waals surface area contributed by atoms with Crippen LogP contribution in [0.15, 0.2) is 42.5 Å². The minimum absolute atomic E-state index is 0.0382. The van der Waals surface area contributed by atoms with E-state index in [4.69, 9.17) is 0 Å².